The second-order valence-corrected chi connectivity index (χ2v) is 7.47. The molecule has 3 heteroatoms. The Hall–Kier alpha value is 0.137. The summed E-state index contributed by atoms with van der Waals surface area (Å²) in [6.07, 6.45) is 0. The van der Waals surface area contributed by atoms with Crippen LogP contribution < -0.4 is 11.1 Å². The third-order valence-electron chi connectivity index (χ3n) is 1.56. The van der Waals surface area contributed by atoms with Gasteiger partial charge in [0.1, 0.15) is 0 Å². The molecule has 0 amide bonds. The summed E-state index contributed by atoms with van der Waals surface area (Å²) >= 11 is 0. The Labute approximate surface area is 72.2 Å². The van der Waals surface area contributed by atoms with Crippen LogP contribution in [0.15, 0.2) is 0 Å². The molecule has 0 aromatic carbocycles. The van der Waals surface area contributed by atoms with Crippen LogP contribution in [0.1, 0.15) is 6.92 Å². The number of rotatable bonds is 1. The van der Waals surface area contributed by atoms with Gasteiger partial charge in [0.15, 0.2) is 0 Å². The van der Waals surface area contributed by atoms with E-state index in [0.29, 0.717) is 6.04 Å². The Bertz CT molecular complexity index is 87.3. The van der Waals surface area contributed by atoms with Gasteiger partial charge in [-0.25, -0.2) is 0 Å². The second-order valence-electron chi connectivity index (χ2n) is 4.01. The van der Waals surface area contributed by atoms with Crippen LogP contribution in [-0.4, -0.2) is 27.9 Å². The van der Waals surface area contributed by atoms with Gasteiger partial charge in [0.25, 0.3) is 0 Å². The molecule has 2 nitrogen and oxygen atoms in total. The third-order valence-corrected chi connectivity index (χ3v) is 1.56. The van der Waals surface area contributed by atoms with Gasteiger partial charge in [-0.15, -0.1) is 0 Å². The highest BCUT2D eigenvalue weighted by Crippen LogP contribution is 2.04. The van der Waals surface area contributed by atoms with Crippen molar-refractivity contribution in [2.24, 2.45) is 11.7 Å². The first-order valence-electron chi connectivity index (χ1n) is 4.50. The Morgan fingerprint density at radius 2 is 1.73 bits per heavy atom. The van der Waals surface area contributed by atoms with Crippen molar-refractivity contribution in [2.45, 2.75) is 32.6 Å². The van der Waals surface area contributed by atoms with Crippen LogP contribution >= 0.6 is 0 Å². The number of hydrogen-bond acceptors (Lipinski definition) is 2. The van der Waals surface area contributed by atoms with Gasteiger partial charge in [-0.2, -0.15) is 0 Å². The van der Waals surface area contributed by atoms with Gasteiger partial charge in [0, 0.05) is 27.9 Å². The third kappa shape index (κ3) is 6.53. The quantitative estimate of drug-likeness (QED) is 0.573. The first kappa shape index (κ1) is 11.1. The summed E-state index contributed by atoms with van der Waals surface area (Å²) < 4.78 is 0. The molecule has 0 aromatic heterocycles. The van der Waals surface area contributed by atoms with E-state index in [1.807, 2.05) is 0 Å². The minimum atomic E-state index is -0.139. The smallest absolute Gasteiger partial charge is 0.0274 e. The second kappa shape index (κ2) is 5.74. The monoisotopic (exact) mass is 174 g/mol. The van der Waals surface area contributed by atoms with Gasteiger partial charge in [-0.1, -0.05) is 19.6 Å². The van der Waals surface area contributed by atoms with Crippen LogP contribution in [0.25, 0.3) is 0 Å². The average molecular weight is 174 g/mol. The Kier molecular flexibility index (Phi) is 5.82. The lowest BCUT2D eigenvalue weighted by atomic mass is 9.96. The Balaban J connectivity index is 0.000000218. The lowest BCUT2D eigenvalue weighted by Crippen LogP contribution is -2.50. The molecule has 0 spiro atoms. The van der Waals surface area contributed by atoms with E-state index in [4.69, 9.17) is 5.73 Å². The molecule has 1 aliphatic heterocycles. The van der Waals surface area contributed by atoms with Gasteiger partial charge in [0.2, 0.25) is 0 Å². The van der Waals surface area contributed by atoms with Crippen molar-refractivity contribution in [1.82, 2.24) is 5.32 Å². The van der Waals surface area contributed by atoms with Crippen molar-refractivity contribution in [1.29, 1.82) is 0 Å². The molecule has 0 bridgehead atoms. The maximum Gasteiger partial charge on any atom is 0.0274 e. The van der Waals surface area contributed by atoms with E-state index in [0.717, 1.165) is 19.0 Å². The van der Waals surface area contributed by atoms with Crippen LogP contribution in [-0.2, 0) is 0 Å². The minimum Gasteiger partial charge on any atom is -0.328 e. The molecule has 1 aliphatic rings. The van der Waals surface area contributed by atoms with Crippen LogP contribution in [0.4, 0.5) is 0 Å². The molecule has 1 heterocycles. The maximum absolute atomic E-state index is 5.56. The predicted octanol–water partition coefficient (Wildman–Crippen LogP) is 0.656. The van der Waals surface area contributed by atoms with E-state index in [-0.39, 0.29) is 8.80 Å². The first-order chi connectivity index (χ1) is 5.04. The summed E-state index contributed by atoms with van der Waals surface area (Å²) in [5.74, 6) is 0.750. The molecular weight excluding hydrogens is 152 g/mol. The zero-order chi connectivity index (χ0) is 8.85. The molecule has 0 saturated carbocycles. The number of hydrogen-bond donors (Lipinski definition) is 2. The molecule has 1 atom stereocenters. The molecule has 1 unspecified atom stereocenters. The molecule has 1 rings (SSSR count). The van der Waals surface area contributed by atoms with Gasteiger partial charge in [-0.3, -0.25) is 0 Å². The van der Waals surface area contributed by atoms with Crippen LogP contribution in [0.5, 0.6) is 0 Å². The number of nitrogens with two attached hydrogens (primary N) is 1. The highest BCUT2D eigenvalue weighted by atomic mass is 28.3. The van der Waals surface area contributed by atoms with Crippen LogP contribution in [0.3, 0.4) is 0 Å². The van der Waals surface area contributed by atoms with Gasteiger partial charge in [0.05, 0.1) is 0 Å². The standard InChI is InChI=1S/C5H12N2.C3H10Si/c1-4(6)5-2-7-3-5;1-4(2)3/h4-5,7H,2-3,6H2,1H3;4H,1-3H3. The van der Waals surface area contributed by atoms with Gasteiger partial charge in [-0.05, 0) is 12.8 Å². The highest BCUT2D eigenvalue weighted by molar-refractivity contribution is 6.54. The van der Waals surface area contributed by atoms with Gasteiger partial charge >= 0.3 is 0 Å². The molecule has 68 valence electrons. The van der Waals surface area contributed by atoms with Crippen LogP contribution in [0, 0.1) is 5.92 Å². The summed E-state index contributed by atoms with van der Waals surface area (Å²) in [5, 5.41) is 3.16. The average Bonchev–Trinajstić information content (AvgIpc) is 1.53. The lowest BCUT2D eigenvalue weighted by molar-refractivity contribution is 0.304. The minimum absolute atomic E-state index is 0.139. The summed E-state index contributed by atoms with van der Waals surface area (Å²) in [6, 6.07) is 0.390. The van der Waals surface area contributed by atoms with Crippen molar-refractivity contribution in [3.63, 3.8) is 0 Å². The first-order valence-corrected chi connectivity index (χ1v) is 7.96. The van der Waals surface area contributed by atoms with E-state index in [9.17, 15) is 0 Å². The molecule has 0 aliphatic carbocycles. The largest absolute Gasteiger partial charge is 0.328 e. The number of nitrogens with one attached hydrogen (secondary N) is 1. The molecule has 1 fully saturated rings. The summed E-state index contributed by atoms with van der Waals surface area (Å²) in [6.45, 7) is 11.2. The molecule has 0 aromatic rings. The van der Waals surface area contributed by atoms with Crippen molar-refractivity contribution in [3.05, 3.63) is 0 Å². The summed E-state index contributed by atoms with van der Waals surface area (Å²) in [7, 11) is -0.139. The van der Waals surface area contributed by atoms with Crippen molar-refractivity contribution < 1.29 is 0 Å². The summed E-state index contributed by atoms with van der Waals surface area (Å²) in [4.78, 5) is 0. The fourth-order valence-corrected chi connectivity index (χ4v) is 0.683. The molecule has 1 saturated heterocycles. The molecular formula is C8H22N2Si. The predicted molar refractivity (Wildman–Crippen MR) is 54.8 cm³/mol. The lowest BCUT2D eigenvalue weighted by Gasteiger charge is -2.30. The molecule has 0 radical (unpaired) electrons. The fourth-order valence-electron chi connectivity index (χ4n) is 0.683. The maximum atomic E-state index is 5.56. The molecule has 3 N–H and O–H groups in total. The highest BCUT2D eigenvalue weighted by Gasteiger charge is 2.19. The Morgan fingerprint density at radius 1 is 1.36 bits per heavy atom. The van der Waals surface area contributed by atoms with E-state index in [2.05, 4.69) is 31.9 Å². The van der Waals surface area contributed by atoms with E-state index in [1.165, 1.54) is 0 Å². The normalized spacial score (nSPS) is 20.2. The fraction of sp³-hybridized carbons (Fsp3) is 1.00. The Morgan fingerprint density at radius 3 is 1.73 bits per heavy atom. The van der Waals surface area contributed by atoms with E-state index >= 15 is 0 Å². The summed E-state index contributed by atoms with van der Waals surface area (Å²) in [5.41, 5.74) is 5.56. The topological polar surface area (TPSA) is 38.0 Å². The zero-order valence-corrected chi connectivity index (χ0v) is 9.38. The van der Waals surface area contributed by atoms with Crippen molar-refractivity contribution in [2.75, 3.05) is 13.1 Å². The van der Waals surface area contributed by atoms with E-state index in [1.54, 1.807) is 0 Å². The van der Waals surface area contributed by atoms with Crippen molar-refractivity contribution in [3.8, 4) is 0 Å². The van der Waals surface area contributed by atoms with E-state index < -0.39 is 0 Å². The zero-order valence-electron chi connectivity index (χ0n) is 8.22. The van der Waals surface area contributed by atoms with Gasteiger partial charge < -0.3 is 11.1 Å². The molecule has 11 heavy (non-hydrogen) atoms. The van der Waals surface area contributed by atoms with Crippen LogP contribution in [0.2, 0.25) is 19.6 Å². The SMILES string of the molecule is CC(N)C1CNC1.C[SiH](C)C. The van der Waals surface area contributed by atoms with Crippen molar-refractivity contribution >= 4 is 8.80 Å².